The van der Waals surface area contributed by atoms with Crippen LogP contribution in [0.5, 0.6) is 5.75 Å². The monoisotopic (exact) mass is 185 g/mol. The molecule has 1 radical (unpaired) electrons. The Balaban J connectivity index is 0.000000810. The van der Waals surface area contributed by atoms with Crippen LogP contribution in [0.1, 0.15) is 0 Å². The average molecular weight is 186 g/mol. The predicted octanol–water partition coefficient (Wildman–Crippen LogP) is 1.22. The summed E-state index contributed by atoms with van der Waals surface area (Å²) in [6, 6.07) is 8.90. The molecule has 0 aliphatic carbocycles. The molecule has 1 aromatic carbocycles. The Kier molecular flexibility index (Phi) is 4.63. The number of hydrogen-bond acceptors (Lipinski definition) is 2. The number of rotatable bonds is 2. The summed E-state index contributed by atoms with van der Waals surface area (Å²) < 4.78 is 4.53. The number of para-hydroxylation sites is 1. The van der Waals surface area contributed by atoms with Gasteiger partial charge < -0.3 is 4.74 Å². The van der Waals surface area contributed by atoms with Crippen molar-refractivity contribution in [1.29, 1.82) is 0 Å². The van der Waals surface area contributed by atoms with Gasteiger partial charge in [-0.15, -0.1) is 0 Å². The van der Waals surface area contributed by atoms with Crippen LogP contribution >= 0.6 is 0 Å². The van der Waals surface area contributed by atoms with Crippen molar-refractivity contribution in [2.24, 2.45) is 0 Å². The molecule has 0 saturated heterocycles. The van der Waals surface area contributed by atoms with Gasteiger partial charge in [0.25, 0.3) is 6.47 Å². The van der Waals surface area contributed by atoms with Crippen LogP contribution in [0.4, 0.5) is 0 Å². The van der Waals surface area contributed by atoms with Crippen molar-refractivity contribution in [2.75, 3.05) is 0 Å². The number of ether oxygens (including phenoxy) is 1. The van der Waals surface area contributed by atoms with Crippen LogP contribution in [0.15, 0.2) is 30.3 Å². The maximum absolute atomic E-state index is 9.75. The standard InChI is InChI=1S/C7H6O2.Cu/c8-6-9-7-4-2-1-3-5-7;/h1-6H;. The van der Waals surface area contributed by atoms with Crippen molar-refractivity contribution < 1.29 is 26.6 Å². The van der Waals surface area contributed by atoms with E-state index in [0.717, 1.165) is 0 Å². The van der Waals surface area contributed by atoms with Crippen LogP contribution in [0.2, 0.25) is 0 Å². The molecule has 0 heterocycles. The van der Waals surface area contributed by atoms with E-state index in [4.69, 9.17) is 0 Å². The molecular weight excluding hydrogens is 180 g/mol. The zero-order valence-corrected chi connectivity index (χ0v) is 6.02. The third kappa shape index (κ3) is 2.67. The van der Waals surface area contributed by atoms with Gasteiger partial charge in [-0.2, -0.15) is 0 Å². The summed E-state index contributed by atoms with van der Waals surface area (Å²) in [6.45, 7) is 0.412. The maximum Gasteiger partial charge on any atom is 0.298 e. The molecule has 1 rings (SSSR count). The van der Waals surface area contributed by atoms with Crippen LogP contribution < -0.4 is 4.74 Å². The van der Waals surface area contributed by atoms with Crippen LogP contribution in [0.25, 0.3) is 0 Å². The largest absolute Gasteiger partial charge is 0.429 e. The van der Waals surface area contributed by atoms with E-state index in [9.17, 15) is 4.79 Å². The molecule has 10 heavy (non-hydrogen) atoms. The van der Waals surface area contributed by atoms with Gasteiger partial charge in [-0.25, -0.2) is 0 Å². The van der Waals surface area contributed by atoms with E-state index in [1.54, 1.807) is 24.3 Å². The van der Waals surface area contributed by atoms with Crippen molar-refractivity contribution in [3.05, 3.63) is 30.3 Å². The Morgan fingerprint density at radius 3 is 2.30 bits per heavy atom. The third-order valence-electron chi connectivity index (χ3n) is 0.927. The first-order valence-electron chi connectivity index (χ1n) is 2.59. The summed E-state index contributed by atoms with van der Waals surface area (Å²) in [7, 11) is 0. The molecule has 2 nitrogen and oxygen atoms in total. The van der Waals surface area contributed by atoms with Gasteiger partial charge in [0.1, 0.15) is 5.75 Å². The van der Waals surface area contributed by atoms with Crippen molar-refractivity contribution in [3.63, 3.8) is 0 Å². The first kappa shape index (κ1) is 9.21. The van der Waals surface area contributed by atoms with E-state index in [2.05, 4.69) is 4.74 Å². The number of carbonyl (C=O) groups is 1. The fraction of sp³-hybridized carbons (Fsp3) is 0. The van der Waals surface area contributed by atoms with Crippen LogP contribution in [0, 0.1) is 0 Å². The Hall–Kier alpha value is -0.791. The molecule has 0 unspecified atom stereocenters. The van der Waals surface area contributed by atoms with Crippen molar-refractivity contribution >= 4 is 6.47 Å². The van der Waals surface area contributed by atoms with Crippen LogP contribution in [-0.2, 0) is 21.9 Å². The second-order valence-electron chi connectivity index (χ2n) is 1.53. The summed E-state index contributed by atoms with van der Waals surface area (Å²) in [5, 5.41) is 0. The van der Waals surface area contributed by atoms with Crippen LogP contribution in [0.3, 0.4) is 0 Å². The Morgan fingerprint density at radius 1 is 1.20 bits per heavy atom. The van der Waals surface area contributed by atoms with Gasteiger partial charge in [-0.05, 0) is 12.1 Å². The topological polar surface area (TPSA) is 26.3 Å². The molecule has 0 atom stereocenters. The number of benzene rings is 1. The molecule has 57 valence electrons. The quantitative estimate of drug-likeness (QED) is 0.512. The molecular formula is C7H6CuO2. The molecule has 0 spiro atoms. The Bertz CT molecular complexity index is 186. The van der Waals surface area contributed by atoms with E-state index < -0.39 is 0 Å². The van der Waals surface area contributed by atoms with Gasteiger partial charge in [0, 0.05) is 17.1 Å². The summed E-state index contributed by atoms with van der Waals surface area (Å²) in [5.41, 5.74) is 0. The number of hydrogen-bond donors (Lipinski definition) is 0. The first-order valence-corrected chi connectivity index (χ1v) is 2.59. The van der Waals surface area contributed by atoms with E-state index >= 15 is 0 Å². The molecule has 3 heteroatoms. The predicted molar refractivity (Wildman–Crippen MR) is 33.1 cm³/mol. The molecule has 0 fully saturated rings. The minimum absolute atomic E-state index is 0. The summed E-state index contributed by atoms with van der Waals surface area (Å²) >= 11 is 0. The van der Waals surface area contributed by atoms with Gasteiger partial charge in [0.2, 0.25) is 0 Å². The smallest absolute Gasteiger partial charge is 0.298 e. The molecule has 0 bridgehead atoms. The second-order valence-corrected chi connectivity index (χ2v) is 1.53. The molecule has 0 amide bonds. The van der Waals surface area contributed by atoms with Crippen molar-refractivity contribution in [2.45, 2.75) is 0 Å². The molecule has 0 saturated carbocycles. The van der Waals surface area contributed by atoms with Gasteiger partial charge in [0.05, 0.1) is 0 Å². The van der Waals surface area contributed by atoms with E-state index in [-0.39, 0.29) is 17.1 Å². The molecule has 0 N–H and O–H groups in total. The minimum atomic E-state index is 0. The normalized spacial score (nSPS) is 7.60. The average Bonchev–Trinajstić information content (AvgIpc) is 1.91. The zero-order valence-electron chi connectivity index (χ0n) is 5.08. The fourth-order valence-corrected chi connectivity index (χ4v) is 0.555. The maximum atomic E-state index is 9.75. The third-order valence-corrected chi connectivity index (χ3v) is 0.927. The number of carbonyl (C=O) groups excluding carboxylic acids is 1. The molecule has 0 aliphatic heterocycles. The second kappa shape index (κ2) is 5.03. The molecule has 0 aliphatic rings. The van der Waals surface area contributed by atoms with Gasteiger partial charge in [0.15, 0.2) is 0 Å². The molecule has 0 aromatic heterocycles. The van der Waals surface area contributed by atoms with Crippen molar-refractivity contribution in [1.82, 2.24) is 0 Å². The zero-order chi connectivity index (χ0) is 6.53. The molecule has 1 aromatic rings. The van der Waals surface area contributed by atoms with E-state index in [0.29, 0.717) is 12.2 Å². The summed E-state index contributed by atoms with van der Waals surface area (Å²) in [6.07, 6.45) is 0. The van der Waals surface area contributed by atoms with Crippen LogP contribution in [-0.4, -0.2) is 6.47 Å². The first-order chi connectivity index (χ1) is 4.43. The fourth-order valence-electron chi connectivity index (χ4n) is 0.555. The van der Waals surface area contributed by atoms with E-state index in [1.807, 2.05) is 6.07 Å². The van der Waals surface area contributed by atoms with Gasteiger partial charge >= 0.3 is 0 Å². The Morgan fingerprint density at radius 2 is 1.80 bits per heavy atom. The van der Waals surface area contributed by atoms with Gasteiger partial charge in [-0.1, -0.05) is 18.2 Å². The SMILES string of the molecule is O=COc1ccccc1.[Cu]. The summed E-state index contributed by atoms with van der Waals surface area (Å²) in [5.74, 6) is 0.576. The minimum Gasteiger partial charge on any atom is -0.429 e. The van der Waals surface area contributed by atoms with Crippen molar-refractivity contribution in [3.8, 4) is 5.75 Å². The van der Waals surface area contributed by atoms with Gasteiger partial charge in [-0.3, -0.25) is 4.79 Å². The summed E-state index contributed by atoms with van der Waals surface area (Å²) in [4.78, 5) is 9.75. The van der Waals surface area contributed by atoms with E-state index in [1.165, 1.54) is 0 Å². The Labute approximate surface area is 69.7 Å².